The molecule has 2 heterocycles. The molecule has 0 bridgehead atoms. The van der Waals surface area contributed by atoms with Crippen LogP contribution in [0, 0.1) is 13.8 Å². The van der Waals surface area contributed by atoms with E-state index in [4.69, 9.17) is 4.42 Å². The average Bonchev–Trinajstić information content (AvgIpc) is 2.79. The number of hydrogen-bond acceptors (Lipinski definition) is 3. The number of benzene rings is 1. The second-order valence-corrected chi connectivity index (χ2v) is 5.98. The zero-order chi connectivity index (χ0) is 16.4. The summed E-state index contributed by atoms with van der Waals surface area (Å²) in [5.74, 6) is 0.538. The van der Waals surface area contributed by atoms with Gasteiger partial charge in [-0.15, -0.1) is 0 Å². The largest absolute Gasteiger partial charge is 0.408 e. The number of hydrogen-bond donors (Lipinski definition) is 0. The molecule has 0 atom stereocenters. The molecule has 0 aliphatic rings. The molecule has 0 saturated heterocycles. The predicted molar refractivity (Wildman–Crippen MR) is 91.9 cm³/mol. The molecule has 0 N–H and O–H groups in total. The molecule has 3 rings (SSSR count). The average molecular weight is 310 g/mol. The van der Waals surface area contributed by atoms with E-state index in [9.17, 15) is 4.79 Å². The summed E-state index contributed by atoms with van der Waals surface area (Å²) in [6, 6.07) is 10.2. The second kappa shape index (κ2) is 6.41. The van der Waals surface area contributed by atoms with Gasteiger partial charge in [0.05, 0.1) is 0 Å². The highest BCUT2D eigenvalue weighted by molar-refractivity contribution is 5.80. The number of unbranched alkanes of at least 4 members (excludes halogenated alkanes) is 1. The third kappa shape index (κ3) is 2.93. The Hall–Kier alpha value is -2.36. The lowest BCUT2D eigenvalue weighted by atomic mass is 10.2. The normalized spacial score (nSPS) is 11.3. The summed E-state index contributed by atoms with van der Waals surface area (Å²) in [4.78, 5) is 17.0. The van der Waals surface area contributed by atoms with Gasteiger partial charge in [0, 0.05) is 18.7 Å². The van der Waals surface area contributed by atoms with Gasteiger partial charge in [0.2, 0.25) is 5.89 Å². The molecular weight excluding hydrogens is 288 g/mol. The lowest BCUT2D eigenvalue weighted by Crippen LogP contribution is -2.08. The number of nitrogens with zero attached hydrogens (tertiary/aromatic N) is 2. The molecule has 1 aromatic carbocycles. The number of fused-ring (bicyclic) bond motifs is 1. The fourth-order valence-corrected chi connectivity index (χ4v) is 2.90. The Morgan fingerprint density at radius 2 is 1.91 bits per heavy atom. The minimum atomic E-state index is -0.270. The fourth-order valence-electron chi connectivity index (χ4n) is 2.90. The first-order valence-corrected chi connectivity index (χ1v) is 8.15. The molecule has 2 aromatic heterocycles. The zero-order valence-electron chi connectivity index (χ0n) is 13.9. The van der Waals surface area contributed by atoms with Gasteiger partial charge >= 0.3 is 5.63 Å². The Kier molecular flexibility index (Phi) is 4.33. The van der Waals surface area contributed by atoms with Crippen LogP contribution in [0.2, 0.25) is 0 Å². The Labute approximate surface area is 135 Å². The summed E-state index contributed by atoms with van der Waals surface area (Å²) in [5, 5.41) is 0.610. The maximum atomic E-state index is 12.4. The highest BCUT2D eigenvalue weighted by Gasteiger charge is 2.18. The lowest BCUT2D eigenvalue weighted by molar-refractivity contribution is 0.436. The third-order valence-corrected chi connectivity index (χ3v) is 4.37. The van der Waals surface area contributed by atoms with Crippen molar-refractivity contribution in [3.8, 4) is 0 Å². The van der Waals surface area contributed by atoms with Crippen molar-refractivity contribution in [2.75, 3.05) is 0 Å². The monoisotopic (exact) mass is 310 g/mol. The van der Waals surface area contributed by atoms with Crippen LogP contribution in [0.3, 0.4) is 0 Å². The molecule has 0 radical (unpaired) electrons. The highest BCUT2D eigenvalue weighted by Crippen LogP contribution is 2.23. The summed E-state index contributed by atoms with van der Waals surface area (Å²) >= 11 is 0. The van der Waals surface area contributed by atoms with Crippen LogP contribution in [0.1, 0.15) is 42.5 Å². The SMILES string of the molecule is CCCCc1nc2c(c(C)c(C)n2Cc2ccccc2)c(=O)o1. The van der Waals surface area contributed by atoms with Crippen LogP contribution >= 0.6 is 0 Å². The fraction of sp³-hybridized carbons (Fsp3) is 0.368. The van der Waals surface area contributed by atoms with E-state index in [-0.39, 0.29) is 5.63 Å². The van der Waals surface area contributed by atoms with Crippen molar-refractivity contribution in [2.24, 2.45) is 0 Å². The van der Waals surface area contributed by atoms with Gasteiger partial charge in [-0.2, -0.15) is 4.98 Å². The van der Waals surface area contributed by atoms with Gasteiger partial charge in [0.1, 0.15) is 5.39 Å². The highest BCUT2D eigenvalue weighted by atomic mass is 16.4. The van der Waals surface area contributed by atoms with Crippen LogP contribution in [-0.2, 0) is 13.0 Å². The minimum Gasteiger partial charge on any atom is -0.408 e. The topological polar surface area (TPSA) is 48.0 Å². The van der Waals surface area contributed by atoms with Gasteiger partial charge in [-0.25, -0.2) is 4.79 Å². The standard InChI is InChI=1S/C19H22N2O2/c1-4-5-11-16-20-18-17(19(22)23-16)13(2)14(3)21(18)12-15-9-7-6-8-10-15/h6-10H,4-5,11-12H2,1-3H3. The van der Waals surface area contributed by atoms with Crippen LogP contribution in [0.25, 0.3) is 11.0 Å². The molecule has 4 heteroatoms. The molecular formula is C19H22N2O2. The van der Waals surface area contributed by atoms with Gasteiger partial charge < -0.3 is 8.98 Å². The molecule has 120 valence electrons. The molecule has 0 spiro atoms. The van der Waals surface area contributed by atoms with Crippen molar-refractivity contribution < 1.29 is 4.42 Å². The molecule has 0 saturated carbocycles. The molecule has 0 unspecified atom stereocenters. The van der Waals surface area contributed by atoms with Crippen LogP contribution < -0.4 is 5.63 Å². The Morgan fingerprint density at radius 3 is 2.61 bits per heavy atom. The van der Waals surface area contributed by atoms with Crippen molar-refractivity contribution >= 4 is 11.0 Å². The van der Waals surface area contributed by atoms with Gasteiger partial charge in [0.15, 0.2) is 5.65 Å². The number of aryl methyl sites for hydroxylation is 2. The summed E-state index contributed by atoms with van der Waals surface area (Å²) in [5.41, 5.74) is 3.69. The molecule has 0 aliphatic heterocycles. The van der Waals surface area contributed by atoms with E-state index >= 15 is 0 Å². The number of rotatable bonds is 5. The third-order valence-electron chi connectivity index (χ3n) is 4.37. The molecule has 0 aliphatic carbocycles. The minimum absolute atomic E-state index is 0.270. The molecule has 3 aromatic rings. The quantitative estimate of drug-likeness (QED) is 0.715. The first kappa shape index (κ1) is 15.5. The Bertz CT molecular complexity index is 876. The van der Waals surface area contributed by atoms with Crippen LogP contribution in [-0.4, -0.2) is 9.55 Å². The van der Waals surface area contributed by atoms with E-state index in [1.807, 2.05) is 32.0 Å². The zero-order valence-corrected chi connectivity index (χ0v) is 13.9. The number of aromatic nitrogens is 2. The van der Waals surface area contributed by atoms with Gasteiger partial charge in [0.25, 0.3) is 0 Å². The second-order valence-electron chi connectivity index (χ2n) is 5.98. The smallest absolute Gasteiger partial charge is 0.348 e. The van der Waals surface area contributed by atoms with Crippen molar-refractivity contribution in [3.63, 3.8) is 0 Å². The van der Waals surface area contributed by atoms with Crippen LogP contribution in [0.4, 0.5) is 0 Å². The van der Waals surface area contributed by atoms with E-state index in [1.54, 1.807) is 0 Å². The van der Waals surface area contributed by atoms with Crippen molar-refractivity contribution in [1.29, 1.82) is 0 Å². The first-order chi connectivity index (χ1) is 11.1. The van der Waals surface area contributed by atoms with Gasteiger partial charge in [-0.05, 0) is 31.4 Å². The van der Waals surface area contributed by atoms with Crippen molar-refractivity contribution in [2.45, 2.75) is 46.6 Å². The van der Waals surface area contributed by atoms with Crippen LogP contribution in [0.5, 0.6) is 0 Å². The predicted octanol–water partition coefficient (Wildman–Crippen LogP) is 4.00. The van der Waals surface area contributed by atoms with Crippen molar-refractivity contribution in [3.05, 3.63) is 63.5 Å². The van der Waals surface area contributed by atoms with E-state index in [2.05, 4.69) is 28.6 Å². The molecule has 23 heavy (non-hydrogen) atoms. The van der Waals surface area contributed by atoms with Crippen LogP contribution in [0.15, 0.2) is 39.5 Å². The Morgan fingerprint density at radius 1 is 1.17 bits per heavy atom. The van der Waals surface area contributed by atoms with E-state index in [1.165, 1.54) is 5.56 Å². The van der Waals surface area contributed by atoms with E-state index in [0.29, 0.717) is 24.2 Å². The summed E-state index contributed by atoms with van der Waals surface area (Å²) in [6.07, 6.45) is 2.72. The van der Waals surface area contributed by atoms with Gasteiger partial charge in [-0.1, -0.05) is 43.7 Å². The molecule has 0 amide bonds. The maximum absolute atomic E-state index is 12.4. The van der Waals surface area contributed by atoms with E-state index < -0.39 is 0 Å². The van der Waals surface area contributed by atoms with Gasteiger partial charge in [-0.3, -0.25) is 0 Å². The lowest BCUT2D eigenvalue weighted by Gasteiger charge is -2.08. The molecule has 0 fully saturated rings. The summed E-state index contributed by atoms with van der Waals surface area (Å²) in [6.45, 7) is 6.82. The first-order valence-electron chi connectivity index (χ1n) is 8.15. The summed E-state index contributed by atoms with van der Waals surface area (Å²) in [7, 11) is 0. The van der Waals surface area contributed by atoms with Crippen molar-refractivity contribution in [1.82, 2.24) is 9.55 Å². The molecule has 4 nitrogen and oxygen atoms in total. The Balaban J connectivity index is 2.14. The maximum Gasteiger partial charge on any atom is 0.348 e. The summed E-state index contributed by atoms with van der Waals surface area (Å²) < 4.78 is 7.53. The van der Waals surface area contributed by atoms with E-state index in [0.717, 1.165) is 29.7 Å².